The molecule has 0 spiro atoms. The zero-order valence-corrected chi connectivity index (χ0v) is 16.9. The number of aromatic nitrogens is 4. The van der Waals surface area contributed by atoms with Gasteiger partial charge in [0.05, 0.1) is 13.5 Å². The maximum Gasteiger partial charge on any atom is 0.324 e. The number of fused-ring (bicyclic) bond motifs is 1. The van der Waals surface area contributed by atoms with Gasteiger partial charge in [0.15, 0.2) is 0 Å². The maximum absolute atomic E-state index is 11.2. The fourth-order valence-electron chi connectivity index (χ4n) is 3.18. The minimum Gasteiger partial charge on any atom is -0.481 e. The van der Waals surface area contributed by atoms with Gasteiger partial charge in [-0.1, -0.05) is 6.07 Å². The summed E-state index contributed by atoms with van der Waals surface area (Å²) in [4.78, 5) is 27.9. The molecule has 0 saturated heterocycles. The number of methoxy groups -OCH3 is 1. The summed E-state index contributed by atoms with van der Waals surface area (Å²) >= 11 is 0. The summed E-state index contributed by atoms with van der Waals surface area (Å²) in [5, 5.41) is 1.04. The van der Waals surface area contributed by atoms with E-state index in [1.165, 1.54) is 6.33 Å². The van der Waals surface area contributed by atoms with Gasteiger partial charge in [-0.05, 0) is 29.8 Å². The molecule has 0 amide bonds. The Morgan fingerprint density at radius 1 is 1.06 bits per heavy atom. The molecule has 4 aromatic rings. The van der Waals surface area contributed by atoms with Crippen molar-refractivity contribution < 1.29 is 19.1 Å². The molecular formula is C22H21N5O4. The number of rotatable bonds is 8. The molecule has 9 nitrogen and oxygen atoms in total. The monoisotopic (exact) mass is 419 g/mol. The summed E-state index contributed by atoms with van der Waals surface area (Å²) in [5.74, 6) is 6.00. The van der Waals surface area contributed by atoms with Crippen molar-refractivity contribution in [1.82, 2.24) is 19.5 Å². The van der Waals surface area contributed by atoms with Crippen molar-refractivity contribution in [1.29, 1.82) is 0 Å². The second kappa shape index (κ2) is 9.23. The van der Waals surface area contributed by atoms with Gasteiger partial charge in [0, 0.05) is 54.1 Å². The van der Waals surface area contributed by atoms with Crippen LogP contribution in [0.5, 0.6) is 17.5 Å². The third kappa shape index (κ3) is 4.96. The van der Waals surface area contributed by atoms with Gasteiger partial charge in [-0.25, -0.2) is 15.0 Å². The number of hydrogen-bond donors (Lipinski definition) is 1. The predicted octanol–water partition coefficient (Wildman–Crippen LogP) is 3.03. The van der Waals surface area contributed by atoms with Crippen LogP contribution in [0.1, 0.15) is 17.7 Å². The third-order valence-corrected chi connectivity index (χ3v) is 4.74. The van der Waals surface area contributed by atoms with E-state index >= 15 is 0 Å². The van der Waals surface area contributed by atoms with Gasteiger partial charge in [0.2, 0.25) is 11.8 Å². The van der Waals surface area contributed by atoms with Crippen molar-refractivity contribution in [2.45, 2.75) is 19.4 Å². The minimum absolute atomic E-state index is 0.135. The van der Waals surface area contributed by atoms with E-state index in [2.05, 4.69) is 24.4 Å². The topological polar surface area (TPSA) is 114 Å². The lowest BCUT2D eigenvalue weighted by Crippen LogP contribution is -2.10. The molecule has 0 aliphatic heterocycles. The Labute approximate surface area is 178 Å². The maximum atomic E-state index is 11.2. The molecular weight excluding hydrogens is 398 g/mol. The number of hydrogen-bond acceptors (Lipinski definition) is 8. The lowest BCUT2D eigenvalue weighted by atomic mass is 10.2. The molecule has 0 unspecified atom stereocenters. The number of benzene rings is 1. The van der Waals surface area contributed by atoms with Crippen LogP contribution in [0.3, 0.4) is 0 Å². The van der Waals surface area contributed by atoms with Crippen molar-refractivity contribution in [3.63, 3.8) is 0 Å². The SMILES string of the molecule is COc1ccc(Cn2ccc3cc(Oc4cc(CCC(=O)ON)ncn4)ccc32)cn1. The number of aryl methyl sites for hydroxylation is 1. The molecule has 3 heterocycles. The van der Waals surface area contributed by atoms with Crippen molar-refractivity contribution in [3.05, 3.63) is 72.4 Å². The first-order valence-corrected chi connectivity index (χ1v) is 9.61. The van der Waals surface area contributed by atoms with Crippen molar-refractivity contribution in [2.75, 3.05) is 7.11 Å². The van der Waals surface area contributed by atoms with Crippen LogP contribution >= 0.6 is 0 Å². The van der Waals surface area contributed by atoms with Crippen molar-refractivity contribution >= 4 is 16.9 Å². The highest BCUT2D eigenvalue weighted by atomic mass is 16.7. The first kappa shape index (κ1) is 20.3. The summed E-state index contributed by atoms with van der Waals surface area (Å²) in [6.07, 6.45) is 5.75. The molecule has 0 radical (unpaired) electrons. The first-order valence-electron chi connectivity index (χ1n) is 9.61. The molecule has 0 aliphatic rings. The van der Waals surface area contributed by atoms with Crippen LogP contribution in [-0.2, 0) is 22.6 Å². The molecule has 1 aromatic carbocycles. The highest BCUT2D eigenvalue weighted by Crippen LogP contribution is 2.26. The van der Waals surface area contributed by atoms with Gasteiger partial charge < -0.3 is 18.9 Å². The number of nitrogens with two attached hydrogens (primary N) is 1. The predicted molar refractivity (Wildman–Crippen MR) is 113 cm³/mol. The van der Waals surface area contributed by atoms with Gasteiger partial charge in [-0.2, -0.15) is 5.90 Å². The standard InChI is InChI=1S/C22H21N5O4/c1-29-20-6-2-15(12-24-20)13-27-9-8-16-10-18(4-5-19(16)27)30-21-11-17(25-14-26-21)3-7-22(28)31-23/h2,4-6,8-12,14H,3,7,13,23H2,1H3. The number of carbonyl (C=O) groups excluding carboxylic acids is 1. The number of ether oxygens (including phenoxy) is 2. The van der Waals surface area contributed by atoms with Crippen LogP contribution < -0.4 is 15.4 Å². The van der Waals surface area contributed by atoms with Crippen LogP contribution in [0.15, 0.2) is 61.2 Å². The van der Waals surface area contributed by atoms with E-state index in [9.17, 15) is 4.79 Å². The second-order valence-corrected chi connectivity index (χ2v) is 6.81. The summed E-state index contributed by atoms with van der Waals surface area (Å²) in [6.45, 7) is 0.696. The largest absolute Gasteiger partial charge is 0.481 e. The molecule has 0 atom stereocenters. The molecule has 9 heteroatoms. The molecule has 0 saturated carbocycles. The number of carbonyl (C=O) groups is 1. The molecule has 2 N–H and O–H groups in total. The fourth-order valence-corrected chi connectivity index (χ4v) is 3.18. The van der Waals surface area contributed by atoms with E-state index in [0.717, 1.165) is 16.5 Å². The Balaban J connectivity index is 1.47. The summed E-state index contributed by atoms with van der Waals surface area (Å²) in [7, 11) is 1.60. The second-order valence-electron chi connectivity index (χ2n) is 6.81. The van der Waals surface area contributed by atoms with Crippen LogP contribution in [0.2, 0.25) is 0 Å². The van der Waals surface area contributed by atoms with Crippen molar-refractivity contribution in [2.24, 2.45) is 5.90 Å². The third-order valence-electron chi connectivity index (χ3n) is 4.74. The molecule has 4 rings (SSSR count). The van der Waals surface area contributed by atoms with Crippen molar-refractivity contribution in [3.8, 4) is 17.5 Å². The van der Waals surface area contributed by atoms with Gasteiger partial charge >= 0.3 is 5.97 Å². The summed E-state index contributed by atoms with van der Waals surface area (Å²) < 4.78 is 13.1. The number of pyridine rings is 1. The molecule has 0 aliphatic carbocycles. The first-order chi connectivity index (χ1) is 15.1. The van der Waals surface area contributed by atoms with E-state index in [4.69, 9.17) is 15.4 Å². The van der Waals surface area contributed by atoms with Gasteiger partial charge in [0.25, 0.3) is 0 Å². The molecule has 0 bridgehead atoms. The lowest BCUT2D eigenvalue weighted by molar-refractivity contribution is -0.144. The quantitative estimate of drug-likeness (QED) is 0.434. The fraction of sp³-hybridized carbons (Fsp3) is 0.182. The van der Waals surface area contributed by atoms with Gasteiger partial charge in [0.1, 0.15) is 12.1 Å². The highest BCUT2D eigenvalue weighted by Gasteiger charge is 2.08. The van der Waals surface area contributed by atoms with Crippen LogP contribution in [0, 0.1) is 0 Å². The van der Waals surface area contributed by atoms with Gasteiger partial charge in [-0.15, -0.1) is 0 Å². The Bertz CT molecular complexity index is 1190. The normalized spacial score (nSPS) is 10.8. The summed E-state index contributed by atoms with van der Waals surface area (Å²) in [5.41, 5.74) is 2.81. The lowest BCUT2D eigenvalue weighted by Gasteiger charge is -2.08. The number of nitrogens with zero attached hydrogens (tertiary/aromatic N) is 4. The summed E-state index contributed by atoms with van der Waals surface area (Å²) in [6, 6.07) is 13.4. The van der Waals surface area contributed by atoms with E-state index in [1.54, 1.807) is 13.2 Å². The van der Waals surface area contributed by atoms with Crippen LogP contribution in [-0.4, -0.2) is 32.6 Å². The average molecular weight is 419 g/mol. The Kier molecular flexibility index (Phi) is 6.04. The van der Waals surface area contributed by atoms with E-state index in [1.807, 2.05) is 48.8 Å². The zero-order valence-electron chi connectivity index (χ0n) is 16.9. The molecule has 0 fully saturated rings. The van der Waals surface area contributed by atoms with Crippen LogP contribution in [0.25, 0.3) is 10.9 Å². The Morgan fingerprint density at radius 3 is 2.74 bits per heavy atom. The zero-order chi connectivity index (χ0) is 21.6. The minimum atomic E-state index is -0.499. The molecule has 158 valence electrons. The molecule has 3 aromatic heterocycles. The highest BCUT2D eigenvalue weighted by molar-refractivity contribution is 5.81. The smallest absolute Gasteiger partial charge is 0.324 e. The average Bonchev–Trinajstić information content (AvgIpc) is 3.20. The van der Waals surface area contributed by atoms with Gasteiger partial charge in [-0.3, -0.25) is 4.79 Å². The van der Waals surface area contributed by atoms with E-state index < -0.39 is 5.97 Å². The van der Waals surface area contributed by atoms with E-state index in [-0.39, 0.29) is 6.42 Å². The van der Waals surface area contributed by atoms with E-state index in [0.29, 0.717) is 36.2 Å². The Hall–Kier alpha value is -3.98. The van der Waals surface area contributed by atoms with Crippen LogP contribution in [0.4, 0.5) is 0 Å². The molecule has 31 heavy (non-hydrogen) atoms. The Morgan fingerprint density at radius 2 is 1.97 bits per heavy atom.